The van der Waals surface area contributed by atoms with Gasteiger partial charge in [0.1, 0.15) is 0 Å². The molecule has 130 valence electrons. The fraction of sp³-hybridized carbons (Fsp3) is 0.650. The van der Waals surface area contributed by atoms with Crippen molar-refractivity contribution in [1.82, 2.24) is 0 Å². The summed E-state index contributed by atoms with van der Waals surface area (Å²) in [4.78, 5) is 12.7. The van der Waals surface area contributed by atoms with Crippen molar-refractivity contribution in [2.24, 2.45) is 17.3 Å². The number of alkyl halides is 1. The SMILES string of the molecule is CCOc1ccccc1OC(=O)CC12C[C@H]3C[C@@H](CC(Br)(C3)C1)C2. The van der Waals surface area contributed by atoms with E-state index in [1.165, 1.54) is 32.1 Å². The minimum atomic E-state index is -0.111. The minimum absolute atomic E-state index is 0.111. The lowest BCUT2D eigenvalue weighted by Crippen LogP contribution is -2.53. The van der Waals surface area contributed by atoms with Crippen molar-refractivity contribution in [2.45, 2.75) is 56.2 Å². The number of rotatable bonds is 5. The van der Waals surface area contributed by atoms with Crippen LogP contribution < -0.4 is 9.47 Å². The number of hydrogen-bond acceptors (Lipinski definition) is 3. The van der Waals surface area contributed by atoms with Crippen LogP contribution in [0.25, 0.3) is 0 Å². The van der Waals surface area contributed by atoms with Gasteiger partial charge >= 0.3 is 5.97 Å². The number of ether oxygens (including phenoxy) is 2. The number of esters is 1. The van der Waals surface area contributed by atoms with Crippen LogP contribution in [0.5, 0.6) is 11.5 Å². The maximum Gasteiger partial charge on any atom is 0.311 e. The molecule has 0 amide bonds. The van der Waals surface area contributed by atoms with Gasteiger partial charge in [0.2, 0.25) is 0 Å². The topological polar surface area (TPSA) is 35.5 Å². The second-order valence-electron chi connectivity index (χ2n) is 8.14. The molecule has 0 spiro atoms. The predicted molar refractivity (Wildman–Crippen MR) is 96.6 cm³/mol. The fourth-order valence-electron chi connectivity index (χ4n) is 5.82. The Bertz CT molecular complexity index is 628. The van der Waals surface area contributed by atoms with Crippen LogP contribution in [-0.4, -0.2) is 16.9 Å². The van der Waals surface area contributed by atoms with Crippen LogP contribution in [0.2, 0.25) is 0 Å². The van der Waals surface area contributed by atoms with Gasteiger partial charge in [-0.3, -0.25) is 4.79 Å². The Kier molecular flexibility index (Phi) is 4.14. The molecule has 4 bridgehead atoms. The van der Waals surface area contributed by atoms with E-state index in [1.54, 1.807) is 0 Å². The van der Waals surface area contributed by atoms with Crippen molar-refractivity contribution >= 4 is 21.9 Å². The average Bonchev–Trinajstić information content (AvgIpc) is 2.46. The summed E-state index contributed by atoms with van der Waals surface area (Å²) in [5.74, 6) is 2.65. The minimum Gasteiger partial charge on any atom is -0.490 e. The first kappa shape index (κ1) is 16.4. The lowest BCUT2D eigenvalue weighted by Gasteiger charge is -2.60. The van der Waals surface area contributed by atoms with Crippen molar-refractivity contribution in [3.05, 3.63) is 24.3 Å². The highest BCUT2D eigenvalue weighted by molar-refractivity contribution is 9.10. The van der Waals surface area contributed by atoms with E-state index in [9.17, 15) is 4.79 Å². The molecule has 1 aromatic rings. The Morgan fingerprint density at radius 1 is 1.17 bits per heavy atom. The van der Waals surface area contributed by atoms with E-state index in [0.29, 0.717) is 24.5 Å². The lowest BCUT2D eigenvalue weighted by molar-refractivity contribution is -0.141. The van der Waals surface area contributed by atoms with E-state index in [1.807, 2.05) is 31.2 Å². The molecule has 0 N–H and O–H groups in total. The number of carbonyl (C=O) groups is 1. The molecular weight excluding hydrogens is 368 g/mol. The predicted octanol–water partition coefficient (Wildman–Crippen LogP) is 5.11. The summed E-state index contributed by atoms with van der Waals surface area (Å²) in [7, 11) is 0. The largest absolute Gasteiger partial charge is 0.490 e. The van der Waals surface area contributed by atoms with Crippen LogP contribution in [-0.2, 0) is 4.79 Å². The van der Waals surface area contributed by atoms with Crippen LogP contribution in [0.4, 0.5) is 0 Å². The Morgan fingerprint density at radius 3 is 2.46 bits per heavy atom. The fourth-order valence-corrected chi connectivity index (χ4v) is 7.33. The quantitative estimate of drug-likeness (QED) is 0.396. The number of para-hydroxylation sites is 2. The van der Waals surface area contributed by atoms with Gasteiger partial charge < -0.3 is 9.47 Å². The zero-order chi connectivity index (χ0) is 16.8. The second-order valence-corrected chi connectivity index (χ2v) is 9.82. The zero-order valence-electron chi connectivity index (χ0n) is 14.2. The van der Waals surface area contributed by atoms with Crippen molar-refractivity contribution in [3.8, 4) is 11.5 Å². The molecule has 5 rings (SSSR count). The summed E-state index contributed by atoms with van der Waals surface area (Å²) < 4.78 is 11.5. The van der Waals surface area contributed by atoms with Crippen LogP contribution >= 0.6 is 15.9 Å². The first-order valence-electron chi connectivity index (χ1n) is 9.11. The Balaban J connectivity index is 1.47. The molecule has 1 aromatic carbocycles. The van der Waals surface area contributed by atoms with Crippen molar-refractivity contribution in [1.29, 1.82) is 0 Å². The van der Waals surface area contributed by atoms with Crippen molar-refractivity contribution in [3.63, 3.8) is 0 Å². The smallest absolute Gasteiger partial charge is 0.311 e. The molecule has 4 aliphatic rings. The Morgan fingerprint density at radius 2 is 1.83 bits per heavy atom. The van der Waals surface area contributed by atoms with Gasteiger partial charge in [-0.15, -0.1) is 0 Å². The molecule has 4 fully saturated rings. The molecule has 0 aromatic heterocycles. The molecule has 2 atom stereocenters. The van der Waals surface area contributed by atoms with Crippen LogP contribution in [0, 0.1) is 17.3 Å². The number of benzene rings is 1. The molecule has 4 heteroatoms. The van der Waals surface area contributed by atoms with Gasteiger partial charge in [0, 0.05) is 4.32 Å². The van der Waals surface area contributed by atoms with Gasteiger partial charge in [0.05, 0.1) is 13.0 Å². The molecule has 0 radical (unpaired) electrons. The summed E-state index contributed by atoms with van der Waals surface area (Å²) in [6.07, 6.45) is 7.97. The third kappa shape index (κ3) is 3.10. The summed E-state index contributed by atoms with van der Waals surface area (Å²) >= 11 is 4.01. The summed E-state index contributed by atoms with van der Waals surface area (Å²) in [6, 6.07) is 7.44. The highest BCUT2D eigenvalue weighted by atomic mass is 79.9. The highest BCUT2D eigenvalue weighted by Crippen LogP contribution is 2.65. The van der Waals surface area contributed by atoms with Gasteiger partial charge in [-0.05, 0) is 74.8 Å². The normalized spacial score (nSPS) is 36.6. The number of carbonyl (C=O) groups excluding carboxylic acids is 1. The molecule has 4 saturated carbocycles. The van der Waals surface area contributed by atoms with Crippen LogP contribution in [0.15, 0.2) is 24.3 Å². The summed E-state index contributed by atoms with van der Waals surface area (Å²) in [6.45, 7) is 2.50. The lowest BCUT2D eigenvalue weighted by atomic mass is 9.49. The van der Waals surface area contributed by atoms with E-state index in [2.05, 4.69) is 15.9 Å². The Hall–Kier alpha value is -1.03. The number of halogens is 1. The van der Waals surface area contributed by atoms with Gasteiger partial charge in [-0.2, -0.15) is 0 Å². The number of hydrogen-bond donors (Lipinski definition) is 0. The zero-order valence-corrected chi connectivity index (χ0v) is 15.8. The Labute approximate surface area is 152 Å². The van der Waals surface area contributed by atoms with Crippen molar-refractivity contribution < 1.29 is 14.3 Å². The van der Waals surface area contributed by atoms with Crippen LogP contribution in [0.3, 0.4) is 0 Å². The third-order valence-electron chi connectivity index (χ3n) is 6.00. The molecule has 4 aliphatic carbocycles. The average molecular weight is 393 g/mol. The van der Waals surface area contributed by atoms with Crippen molar-refractivity contribution in [2.75, 3.05) is 6.61 Å². The van der Waals surface area contributed by atoms with Gasteiger partial charge in [0.25, 0.3) is 0 Å². The maximum absolute atomic E-state index is 12.7. The molecule has 24 heavy (non-hydrogen) atoms. The van der Waals surface area contributed by atoms with Gasteiger partial charge in [-0.1, -0.05) is 28.1 Å². The van der Waals surface area contributed by atoms with E-state index in [4.69, 9.17) is 9.47 Å². The molecule has 3 nitrogen and oxygen atoms in total. The molecule has 0 heterocycles. The first-order chi connectivity index (χ1) is 11.5. The monoisotopic (exact) mass is 392 g/mol. The standard InChI is InChI=1S/C20H25BrO3/c1-2-23-16-5-3-4-6-17(16)24-18(22)12-19-8-14-7-15(9-19)11-20(21,10-14)13-19/h3-6,14-15H,2,7-13H2,1H3/t14-,15-,19?,20?/m1/s1. The molecule has 0 saturated heterocycles. The second kappa shape index (κ2) is 6.05. The molecular formula is C20H25BrO3. The van der Waals surface area contributed by atoms with Gasteiger partial charge in [0.15, 0.2) is 11.5 Å². The summed E-state index contributed by atoms with van der Waals surface area (Å²) in [5, 5.41) is 0. The van der Waals surface area contributed by atoms with Gasteiger partial charge in [-0.25, -0.2) is 0 Å². The third-order valence-corrected chi connectivity index (χ3v) is 6.93. The maximum atomic E-state index is 12.7. The summed E-state index contributed by atoms with van der Waals surface area (Å²) in [5.41, 5.74) is 0.144. The highest BCUT2D eigenvalue weighted by Gasteiger charge is 2.57. The van der Waals surface area contributed by atoms with E-state index < -0.39 is 0 Å². The van der Waals surface area contributed by atoms with E-state index in [-0.39, 0.29) is 15.7 Å². The first-order valence-corrected chi connectivity index (χ1v) is 9.90. The van der Waals surface area contributed by atoms with E-state index in [0.717, 1.165) is 18.3 Å². The molecule has 0 unspecified atom stereocenters. The van der Waals surface area contributed by atoms with Crippen LogP contribution in [0.1, 0.15) is 51.9 Å². The molecule has 0 aliphatic heterocycles. The van der Waals surface area contributed by atoms with E-state index >= 15 is 0 Å².